The van der Waals surface area contributed by atoms with Crippen molar-refractivity contribution in [2.24, 2.45) is 0 Å². The standard InChI is InChI=1S/C12H22N2O2/c1-4-7-10-16-12(15)14-11(8-5-2)13-9-6-3/h5-6,11,13H,2-4,7-10H2,1H3,(H,14,15). The Balaban J connectivity index is 3.82. The van der Waals surface area contributed by atoms with Crippen LogP contribution in [0.4, 0.5) is 4.79 Å². The lowest BCUT2D eigenvalue weighted by Gasteiger charge is -2.17. The van der Waals surface area contributed by atoms with Crippen LogP contribution in [0.2, 0.25) is 0 Å². The second-order valence-electron chi connectivity index (χ2n) is 3.41. The molecule has 0 aromatic rings. The second-order valence-corrected chi connectivity index (χ2v) is 3.41. The topological polar surface area (TPSA) is 50.4 Å². The fourth-order valence-corrected chi connectivity index (χ4v) is 1.08. The molecule has 1 unspecified atom stereocenters. The van der Waals surface area contributed by atoms with Crippen molar-refractivity contribution in [1.82, 2.24) is 10.6 Å². The van der Waals surface area contributed by atoms with Gasteiger partial charge in [-0.05, 0) is 12.8 Å². The zero-order chi connectivity index (χ0) is 12.2. The number of hydrogen-bond donors (Lipinski definition) is 2. The molecule has 4 heteroatoms. The third kappa shape index (κ3) is 8.05. The summed E-state index contributed by atoms with van der Waals surface area (Å²) in [5.41, 5.74) is 0. The minimum atomic E-state index is -0.392. The van der Waals surface area contributed by atoms with E-state index in [9.17, 15) is 4.79 Å². The average molecular weight is 226 g/mol. The SMILES string of the molecule is C=CCNC(CC=C)NC(=O)OCCCC. The number of unbranched alkanes of at least 4 members (excludes halogenated alkanes) is 1. The van der Waals surface area contributed by atoms with E-state index >= 15 is 0 Å². The number of rotatable bonds is 9. The molecule has 0 fully saturated rings. The Morgan fingerprint density at radius 1 is 1.44 bits per heavy atom. The molecule has 0 saturated heterocycles. The Morgan fingerprint density at radius 3 is 2.75 bits per heavy atom. The van der Waals surface area contributed by atoms with Crippen LogP contribution in [0.15, 0.2) is 25.3 Å². The van der Waals surface area contributed by atoms with Gasteiger partial charge in [-0.1, -0.05) is 25.5 Å². The highest BCUT2D eigenvalue weighted by atomic mass is 16.5. The van der Waals surface area contributed by atoms with Gasteiger partial charge in [0, 0.05) is 6.54 Å². The normalized spacial score (nSPS) is 11.6. The van der Waals surface area contributed by atoms with Gasteiger partial charge in [-0.3, -0.25) is 5.32 Å². The van der Waals surface area contributed by atoms with E-state index in [4.69, 9.17) is 4.74 Å². The van der Waals surface area contributed by atoms with Crippen LogP contribution in [0.3, 0.4) is 0 Å². The predicted octanol–water partition coefficient (Wildman–Crippen LogP) is 2.19. The number of carbonyl (C=O) groups is 1. The van der Waals surface area contributed by atoms with Gasteiger partial charge >= 0.3 is 6.09 Å². The number of hydrogen-bond acceptors (Lipinski definition) is 3. The Morgan fingerprint density at radius 2 is 2.19 bits per heavy atom. The summed E-state index contributed by atoms with van der Waals surface area (Å²) in [5, 5.41) is 5.81. The van der Waals surface area contributed by atoms with E-state index in [1.807, 2.05) is 6.92 Å². The van der Waals surface area contributed by atoms with Gasteiger partial charge in [0.15, 0.2) is 0 Å². The Bertz CT molecular complexity index is 217. The molecule has 0 aromatic heterocycles. The number of amides is 1. The van der Waals surface area contributed by atoms with Gasteiger partial charge in [0.25, 0.3) is 0 Å². The van der Waals surface area contributed by atoms with Crippen molar-refractivity contribution >= 4 is 6.09 Å². The zero-order valence-electron chi connectivity index (χ0n) is 10.00. The van der Waals surface area contributed by atoms with Gasteiger partial charge in [-0.2, -0.15) is 0 Å². The third-order valence-electron chi connectivity index (χ3n) is 1.93. The molecule has 1 atom stereocenters. The van der Waals surface area contributed by atoms with Crippen molar-refractivity contribution in [2.75, 3.05) is 13.2 Å². The summed E-state index contributed by atoms with van der Waals surface area (Å²) < 4.78 is 4.99. The van der Waals surface area contributed by atoms with E-state index in [0.717, 1.165) is 12.8 Å². The van der Waals surface area contributed by atoms with Crippen LogP contribution < -0.4 is 10.6 Å². The second kappa shape index (κ2) is 10.2. The molecule has 0 spiro atoms. The average Bonchev–Trinajstić information content (AvgIpc) is 2.26. The van der Waals surface area contributed by atoms with Crippen LogP contribution >= 0.6 is 0 Å². The summed E-state index contributed by atoms with van der Waals surface area (Å²) in [7, 11) is 0. The van der Waals surface area contributed by atoms with E-state index in [-0.39, 0.29) is 6.17 Å². The van der Waals surface area contributed by atoms with Crippen molar-refractivity contribution in [1.29, 1.82) is 0 Å². The Labute approximate surface area is 97.7 Å². The van der Waals surface area contributed by atoms with Crippen LogP contribution in [0.1, 0.15) is 26.2 Å². The molecule has 16 heavy (non-hydrogen) atoms. The van der Waals surface area contributed by atoms with E-state index in [2.05, 4.69) is 23.8 Å². The predicted molar refractivity (Wildman–Crippen MR) is 66.2 cm³/mol. The molecule has 1 amide bonds. The molecule has 0 aliphatic carbocycles. The van der Waals surface area contributed by atoms with E-state index in [1.165, 1.54) is 0 Å². The number of nitrogens with one attached hydrogen (secondary N) is 2. The quantitative estimate of drug-likeness (QED) is 0.360. The summed E-state index contributed by atoms with van der Waals surface area (Å²) >= 11 is 0. The largest absolute Gasteiger partial charge is 0.450 e. The van der Waals surface area contributed by atoms with Gasteiger partial charge in [-0.25, -0.2) is 4.79 Å². The molecule has 0 rings (SSSR count). The molecular formula is C12H22N2O2. The number of alkyl carbamates (subject to hydrolysis) is 1. The maximum absolute atomic E-state index is 11.3. The highest BCUT2D eigenvalue weighted by Gasteiger charge is 2.09. The lowest BCUT2D eigenvalue weighted by atomic mass is 10.3. The fourth-order valence-electron chi connectivity index (χ4n) is 1.08. The smallest absolute Gasteiger partial charge is 0.408 e. The summed E-state index contributed by atoms with van der Waals surface area (Å²) in [6.07, 6.45) is 5.49. The van der Waals surface area contributed by atoms with Crippen LogP contribution in [0.5, 0.6) is 0 Å². The van der Waals surface area contributed by atoms with Gasteiger partial charge in [0.2, 0.25) is 0 Å². The van der Waals surface area contributed by atoms with Crippen molar-refractivity contribution in [2.45, 2.75) is 32.4 Å². The monoisotopic (exact) mass is 226 g/mol. The first-order chi connectivity index (χ1) is 7.74. The molecule has 0 aliphatic heterocycles. The zero-order valence-corrected chi connectivity index (χ0v) is 10.00. The first kappa shape index (κ1) is 14.7. The molecule has 0 heterocycles. The summed E-state index contributed by atoms with van der Waals surface area (Å²) in [5.74, 6) is 0. The third-order valence-corrected chi connectivity index (χ3v) is 1.93. The van der Waals surface area contributed by atoms with E-state index < -0.39 is 6.09 Å². The minimum absolute atomic E-state index is 0.148. The van der Waals surface area contributed by atoms with Gasteiger partial charge in [0.05, 0.1) is 12.8 Å². The molecule has 4 nitrogen and oxygen atoms in total. The first-order valence-electron chi connectivity index (χ1n) is 5.63. The van der Waals surface area contributed by atoms with Gasteiger partial charge in [-0.15, -0.1) is 13.2 Å². The molecular weight excluding hydrogens is 204 g/mol. The lowest BCUT2D eigenvalue weighted by molar-refractivity contribution is 0.139. The van der Waals surface area contributed by atoms with Crippen molar-refractivity contribution < 1.29 is 9.53 Å². The van der Waals surface area contributed by atoms with Crippen LogP contribution in [0.25, 0.3) is 0 Å². The molecule has 2 N–H and O–H groups in total. The molecule has 0 radical (unpaired) electrons. The van der Waals surface area contributed by atoms with Crippen molar-refractivity contribution in [3.05, 3.63) is 25.3 Å². The Hall–Kier alpha value is -1.29. The summed E-state index contributed by atoms with van der Waals surface area (Å²) in [6, 6.07) is 0. The number of ether oxygens (including phenoxy) is 1. The molecule has 92 valence electrons. The van der Waals surface area contributed by atoms with Crippen LogP contribution in [-0.4, -0.2) is 25.4 Å². The molecule has 0 aliphatic rings. The summed E-state index contributed by atoms with van der Waals surface area (Å²) in [4.78, 5) is 11.3. The van der Waals surface area contributed by atoms with Gasteiger partial charge in [0.1, 0.15) is 0 Å². The number of carbonyl (C=O) groups excluding carboxylic acids is 1. The van der Waals surface area contributed by atoms with Crippen LogP contribution in [-0.2, 0) is 4.74 Å². The highest BCUT2D eigenvalue weighted by Crippen LogP contribution is 1.92. The summed E-state index contributed by atoms with van der Waals surface area (Å²) in [6.45, 7) is 10.4. The Kier molecular flexibility index (Phi) is 9.41. The molecule has 0 bridgehead atoms. The highest BCUT2D eigenvalue weighted by molar-refractivity contribution is 5.67. The lowest BCUT2D eigenvalue weighted by Crippen LogP contribution is -2.45. The maximum atomic E-state index is 11.3. The minimum Gasteiger partial charge on any atom is -0.450 e. The van der Waals surface area contributed by atoms with E-state index in [1.54, 1.807) is 12.2 Å². The van der Waals surface area contributed by atoms with Crippen LogP contribution in [0, 0.1) is 0 Å². The molecule has 0 aromatic carbocycles. The molecule has 0 saturated carbocycles. The van der Waals surface area contributed by atoms with Crippen molar-refractivity contribution in [3.8, 4) is 0 Å². The van der Waals surface area contributed by atoms with Gasteiger partial charge < -0.3 is 10.1 Å². The first-order valence-corrected chi connectivity index (χ1v) is 5.63. The fraction of sp³-hybridized carbons (Fsp3) is 0.583. The maximum Gasteiger partial charge on any atom is 0.408 e. The van der Waals surface area contributed by atoms with E-state index in [0.29, 0.717) is 19.6 Å². The van der Waals surface area contributed by atoms with Crippen molar-refractivity contribution in [3.63, 3.8) is 0 Å².